The molecule has 6 heteroatoms. The Kier molecular flexibility index (Phi) is 7.62. The molecule has 1 atom stereocenters. The van der Waals surface area contributed by atoms with Gasteiger partial charge in [-0.25, -0.2) is 0 Å². The highest BCUT2D eigenvalue weighted by atomic mass is 16.3. The number of nitrogens with zero attached hydrogens (tertiary/aromatic N) is 1. The topological polar surface area (TPSA) is 93.2 Å². The van der Waals surface area contributed by atoms with E-state index in [0.717, 1.165) is 69.7 Å². The number of rotatable bonds is 7. The van der Waals surface area contributed by atoms with Crippen LogP contribution in [-0.2, 0) is 24.0 Å². The number of para-hydroxylation sites is 1. The Labute approximate surface area is 220 Å². The maximum absolute atomic E-state index is 10.6. The molecule has 1 unspecified atom stereocenters. The fourth-order valence-corrected chi connectivity index (χ4v) is 5.17. The monoisotopic (exact) mass is 500 g/mol. The molecule has 4 aromatic rings. The van der Waals surface area contributed by atoms with Gasteiger partial charge in [0.25, 0.3) is 0 Å². The van der Waals surface area contributed by atoms with Crippen molar-refractivity contribution in [2.45, 2.75) is 72.0 Å². The molecular weight excluding hydrogens is 460 g/mol. The van der Waals surface area contributed by atoms with Gasteiger partial charge in [0.1, 0.15) is 5.60 Å². The van der Waals surface area contributed by atoms with Gasteiger partial charge < -0.3 is 25.8 Å². The van der Waals surface area contributed by atoms with Crippen LogP contribution < -0.4 is 10.6 Å². The summed E-state index contributed by atoms with van der Waals surface area (Å²) in [5.41, 5.74) is 7.60. The van der Waals surface area contributed by atoms with Gasteiger partial charge in [-0.1, -0.05) is 32.0 Å². The van der Waals surface area contributed by atoms with E-state index in [1.807, 2.05) is 59.0 Å². The van der Waals surface area contributed by atoms with Crippen LogP contribution in [0.25, 0.3) is 10.9 Å². The van der Waals surface area contributed by atoms with E-state index < -0.39 is 11.2 Å². The van der Waals surface area contributed by atoms with Crippen LogP contribution in [0, 0.1) is 6.92 Å². The molecule has 2 aromatic heterocycles. The second-order valence-corrected chi connectivity index (χ2v) is 10.4. The van der Waals surface area contributed by atoms with Gasteiger partial charge in [0, 0.05) is 52.5 Å². The molecule has 196 valence electrons. The third-order valence-corrected chi connectivity index (χ3v) is 7.10. The first-order valence-electron chi connectivity index (χ1n) is 13.3. The van der Waals surface area contributed by atoms with Gasteiger partial charge in [-0.3, -0.25) is 4.98 Å². The number of hydrogen-bond acceptors (Lipinski definition) is 5. The smallest absolute Gasteiger partial charge is 0.104 e. The average molecular weight is 501 g/mol. The quantitative estimate of drug-likeness (QED) is 0.195. The van der Waals surface area contributed by atoms with E-state index in [1.165, 1.54) is 5.56 Å². The molecule has 2 aromatic carbocycles. The number of aromatic nitrogens is 2. The van der Waals surface area contributed by atoms with Crippen molar-refractivity contribution < 1.29 is 10.2 Å². The highest BCUT2D eigenvalue weighted by Crippen LogP contribution is 2.39. The van der Waals surface area contributed by atoms with Crippen LogP contribution in [0.15, 0.2) is 54.9 Å². The standard InChI is InChI=1S/C29H34N4O2.C2H6/c1-18-16-20(33-25-12-15-31-27-22(25)10-13-29(27,4)35)8-9-24(18)30-14-11-19-17-32-26-21(19)6-5-7-23(26)28(2,3)34;1-2/h5-9,12,15-17,30,32,34-35H,10-11,13-14H2,1-4H3,(H,31,33);1-2H3. The Morgan fingerprint density at radius 3 is 2.62 bits per heavy atom. The Hall–Kier alpha value is -3.35. The van der Waals surface area contributed by atoms with Crippen molar-refractivity contribution in [1.82, 2.24) is 9.97 Å². The summed E-state index contributed by atoms with van der Waals surface area (Å²) >= 11 is 0. The Balaban J connectivity index is 0.00000156. The number of anilines is 3. The SMILES string of the molecule is CC.Cc1cc(Nc2ccnc3c2CCC3(C)O)ccc1NCCc1c[nH]c2c(C(C)(C)O)cccc12. The van der Waals surface area contributed by atoms with Gasteiger partial charge in [-0.05, 0) is 82.3 Å². The van der Waals surface area contributed by atoms with Crippen molar-refractivity contribution in [3.63, 3.8) is 0 Å². The van der Waals surface area contributed by atoms with E-state index in [1.54, 1.807) is 6.20 Å². The van der Waals surface area contributed by atoms with Crippen molar-refractivity contribution in [3.05, 3.63) is 82.8 Å². The molecule has 1 aliphatic carbocycles. The van der Waals surface area contributed by atoms with Crippen LogP contribution in [0.4, 0.5) is 17.1 Å². The molecule has 0 spiro atoms. The minimum Gasteiger partial charge on any atom is -0.386 e. The summed E-state index contributed by atoms with van der Waals surface area (Å²) in [5, 5.41) is 29.3. The number of aliphatic hydroxyl groups is 2. The first-order chi connectivity index (χ1) is 17.6. The summed E-state index contributed by atoms with van der Waals surface area (Å²) in [6, 6.07) is 14.4. The highest BCUT2D eigenvalue weighted by Gasteiger charge is 2.35. The van der Waals surface area contributed by atoms with Gasteiger partial charge in [-0.2, -0.15) is 0 Å². The fraction of sp³-hybridized carbons (Fsp3) is 0.387. The number of hydrogen-bond donors (Lipinski definition) is 5. The zero-order valence-corrected chi connectivity index (χ0v) is 22.9. The van der Waals surface area contributed by atoms with Gasteiger partial charge >= 0.3 is 0 Å². The Morgan fingerprint density at radius 1 is 1.11 bits per heavy atom. The van der Waals surface area contributed by atoms with Crippen molar-refractivity contribution in [1.29, 1.82) is 0 Å². The van der Waals surface area contributed by atoms with Crippen LogP contribution in [0.2, 0.25) is 0 Å². The van der Waals surface area contributed by atoms with E-state index in [9.17, 15) is 10.2 Å². The maximum Gasteiger partial charge on any atom is 0.104 e. The number of fused-ring (bicyclic) bond motifs is 2. The second-order valence-electron chi connectivity index (χ2n) is 10.4. The lowest BCUT2D eigenvalue weighted by atomic mass is 9.95. The van der Waals surface area contributed by atoms with E-state index in [0.29, 0.717) is 6.42 Å². The molecule has 6 nitrogen and oxygen atoms in total. The number of aromatic amines is 1. The lowest BCUT2D eigenvalue weighted by Crippen LogP contribution is -2.18. The van der Waals surface area contributed by atoms with Gasteiger partial charge in [0.15, 0.2) is 0 Å². The Morgan fingerprint density at radius 2 is 1.89 bits per heavy atom. The molecule has 0 amide bonds. The summed E-state index contributed by atoms with van der Waals surface area (Å²) in [6.07, 6.45) is 6.20. The first kappa shape index (κ1) is 26.7. The van der Waals surface area contributed by atoms with Gasteiger partial charge in [0.2, 0.25) is 0 Å². The van der Waals surface area contributed by atoms with Crippen LogP contribution in [-0.4, -0.2) is 26.7 Å². The molecule has 0 aliphatic heterocycles. The fourth-order valence-electron chi connectivity index (χ4n) is 5.17. The summed E-state index contributed by atoms with van der Waals surface area (Å²) in [5.74, 6) is 0. The zero-order chi connectivity index (χ0) is 26.8. The molecule has 5 rings (SSSR count). The normalized spacial score (nSPS) is 16.8. The van der Waals surface area contributed by atoms with E-state index >= 15 is 0 Å². The van der Waals surface area contributed by atoms with Gasteiger partial charge in [0.05, 0.1) is 16.8 Å². The molecule has 0 saturated heterocycles. The number of H-pyrrole nitrogens is 1. The van der Waals surface area contributed by atoms with Crippen LogP contribution in [0.1, 0.15) is 69.0 Å². The highest BCUT2D eigenvalue weighted by molar-refractivity contribution is 5.86. The number of aryl methyl sites for hydroxylation is 1. The third kappa shape index (κ3) is 5.50. The molecular formula is C31H40N4O2. The molecule has 0 bridgehead atoms. The number of nitrogens with one attached hydrogen (secondary N) is 3. The number of pyridine rings is 1. The first-order valence-corrected chi connectivity index (χ1v) is 13.3. The molecule has 5 N–H and O–H groups in total. The minimum absolute atomic E-state index is 0.700. The predicted octanol–water partition coefficient (Wildman–Crippen LogP) is 6.68. The maximum atomic E-state index is 10.6. The van der Waals surface area contributed by atoms with Crippen molar-refractivity contribution in [3.8, 4) is 0 Å². The molecule has 0 radical (unpaired) electrons. The van der Waals surface area contributed by atoms with Crippen molar-refractivity contribution in [2.24, 2.45) is 0 Å². The van der Waals surface area contributed by atoms with Crippen molar-refractivity contribution in [2.75, 3.05) is 17.2 Å². The molecule has 2 heterocycles. The van der Waals surface area contributed by atoms with Gasteiger partial charge in [-0.15, -0.1) is 0 Å². The molecule has 0 fully saturated rings. The lowest BCUT2D eigenvalue weighted by molar-refractivity contribution is 0.0553. The minimum atomic E-state index is -0.888. The van der Waals surface area contributed by atoms with Crippen LogP contribution >= 0.6 is 0 Å². The summed E-state index contributed by atoms with van der Waals surface area (Å²) in [7, 11) is 0. The second kappa shape index (κ2) is 10.6. The van der Waals surface area contributed by atoms with E-state index in [4.69, 9.17) is 0 Å². The summed E-state index contributed by atoms with van der Waals surface area (Å²) < 4.78 is 0. The van der Waals surface area contributed by atoms with Crippen molar-refractivity contribution >= 4 is 28.0 Å². The van der Waals surface area contributed by atoms with Crippen LogP contribution in [0.5, 0.6) is 0 Å². The summed E-state index contributed by atoms with van der Waals surface area (Å²) in [6.45, 7) is 12.4. The third-order valence-electron chi connectivity index (χ3n) is 7.10. The summed E-state index contributed by atoms with van der Waals surface area (Å²) in [4.78, 5) is 7.78. The molecule has 1 aliphatic rings. The molecule has 0 saturated carbocycles. The number of benzene rings is 2. The lowest BCUT2D eigenvalue weighted by Gasteiger charge is -2.18. The molecule has 37 heavy (non-hydrogen) atoms. The van der Waals surface area contributed by atoms with E-state index in [-0.39, 0.29) is 0 Å². The largest absolute Gasteiger partial charge is 0.386 e. The van der Waals surface area contributed by atoms with Crippen LogP contribution in [0.3, 0.4) is 0 Å². The average Bonchev–Trinajstić information content (AvgIpc) is 3.42. The predicted molar refractivity (Wildman–Crippen MR) is 154 cm³/mol. The Bertz CT molecular complexity index is 1380. The van der Waals surface area contributed by atoms with E-state index in [2.05, 4.69) is 51.8 Å². The zero-order valence-electron chi connectivity index (χ0n) is 22.9.